The molecule has 0 saturated carbocycles. The van der Waals surface area contributed by atoms with Crippen LogP contribution in [0.3, 0.4) is 0 Å². The predicted molar refractivity (Wildman–Crippen MR) is 88.2 cm³/mol. The first-order valence-electron chi connectivity index (χ1n) is 6.68. The minimum absolute atomic E-state index is 0.116. The van der Waals surface area contributed by atoms with Crippen LogP contribution in [0.15, 0.2) is 18.2 Å². The second kappa shape index (κ2) is 6.74. The van der Waals surface area contributed by atoms with Gasteiger partial charge in [-0.1, -0.05) is 18.5 Å². The van der Waals surface area contributed by atoms with Crippen LogP contribution < -0.4 is 0 Å². The van der Waals surface area contributed by atoms with E-state index in [2.05, 4.69) is 13.8 Å². The van der Waals surface area contributed by atoms with Crippen molar-refractivity contribution >= 4 is 40.2 Å². The molecule has 5 heteroatoms. The molecule has 2 rings (SSSR count). The second-order valence-corrected chi connectivity index (χ2v) is 7.53. The van der Waals surface area contributed by atoms with Gasteiger partial charge in [0.15, 0.2) is 0 Å². The summed E-state index contributed by atoms with van der Waals surface area (Å²) in [6.45, 7) is 7.53. The van der Waals surface area contributed by atoms with Crippen molar-refractivity contribution in [3.63, 3.8) is 0 Å². The maximum Gasteiger partial charge on any atom is 0.264 e. The van der Waals surface area contributed by atoms with E-state index in [4.69, 9.17) is 11.6 Å². The van der Waals surface area contributed by atoms with Crippen molar-refractivity contribution in [1.82, 2.24) is 4.90 Å². The summed E-state index contributed by atoms with van der Waals surface area (Å²) in [5, 5.41) is 0. The number of carbonyl (C=O) groups excluding carboxylic acids is 1. The Hall–Kier alpha value is -0.840. The fourth-order valence-electron chi connectivity index (χ4n) is 2.08. The number of hydrogen-bond donors (Lipinski definition) is 0. The van der Waals surface area contributed by atoms with Crippen LogP contribution >= 0.6 is 34.3 Å². The van der Waals surface area contributed by atoms with Crippen molar-refractivity contribution in [1.29, 1.82) is 0 Å². The van der Waals surface area contributed by atoms with E-state index in [0.29, 0.717) is 13.1 Å². The summed E-state index contributed by atoms with van der Waals surface area (Å²) in [5.74, 6) is 0.116. The van der Waals surface area contributed by atoms with Crippen LogP contribution in [0.4, 0.5) is 0 Å². The summed E-state index contributed by atoms with van der Waals surface area (Å²) >= 11 is 9.09. The molecule has 0 fully saturated rings. The highest BCUT2D eigenvalue weighted by atomic mass is 35.5. The van der Waals surface area contributed by atoms with Crippen LogP contribution in [0, 0.1) is 6.92 Å². The SMILES string of the molecule is CCc1sc(C(=O)N(CC)Cc2ccc(Cl)s2)cc1C. The molecule has 20 heavy (non-hydrogen) atoms. The lowest BCUT2D eigenvalue weighted by Crippen LogP contribution is -2.29. The molecule has 2 nitrogen and oxygen atoms in total. The largest absolute Gasteiger partial charge is 0.333 e. The molecular formula is C15H18ClNOS2. The number of nitrogens with zero attached hydrogens (tertiary/aromatic N) is 1. The number of carbonyl (C=O) groups is 1. The van der Waals surface area contributed by atoms with E-state index in [1.54, 1.807) is 11.3 Å². The molecule has 0 radical (unpaired) electrons. The number of halogens is 1. The van der Waals surface area contributed by atoms with Crippen LogP contribution in [-0.2, 0) is 13.0 Å². The Bertz CT molecular complexity index is 603. The Morgan fingerprint density at radius 1 is 1.30 bits per heavy atom. The summed E-state index contributed by atoms with van der Waals surface area (Å²) in [7, 11) is 0. The Labute approximate surface area is 133 Å². The zero-order valence-electron chi connectivity index (χ0n) is 11.9. The van der Waals surface area contributed by atoms with Gasteiger partial charge in [0.05, 0.1) is 15.8 Å². The third-order valence-electron chi connectivity index (χ3n) is 3.20. The van der Waals surface area contributed by atoms with Gasteiger partial charge in [-0.25, -0.2) is 0 Å². The molecule has 0 bridgehead atoms. The van der Waals surface area contributed by atoms with Crippen molar-refractivity contribution in [2.75, 3.05) is 6.54 Å². The van der Waals surface area contributed by atoms with E-state index in [0.717, 1.165) is 20.5 Å². The Morgan fingerprint density at radius 2 is 2.05 bits per heavy atom. The van der Waals surface area contributed by atoms with Gasteiger partial charge in [-0.2, -0.15) is 0 Å². The van der Waals surface area contributed by atoms with E-state index in [1.807, 2.05) is 30.0 Å². The van der Waals surface area contributed by atoms with Gasteiger partial charge in [-0.05, 0) is 44.0 Å². The van der Waals surface area contributed by atoms with Crippen LogP contribution in [0.1, 0.15) is 38.8 Å². The molecule has 0 unspecified atom stereocenters. The quantitative estimate of drug-likeness (QED) is 0.757. The number of hydrogen-bond acceptors (Lipinski definition) is 3. The molecule has 0 aliphatic rings. The maximum atomic E-state index is 12.6. The van der Waals surface area contributed by atoms with Gasteiger partial charge in [0.25, 0.3) is 5.91 Å². The molecule has 2 heterocycles. The minimum atomic E-state index is 0.116. The van der Waals surface area contributed by atoms with Gasteiger partial charge in [-0.15, -0.1) is 22.7 Å². The van der Waals surface area contributed by atoms with Crippen molar-refractivity contribution in [3.05, 3.63) is 42.7 Å². The fraction of sp³-hybridized carbons (Fsp3) is 0.400. The third kappa shape index (κ3) is 3.43. The van der Waals surface area contributed by atoms with E-state index >= 15 is 0 Å². The minimum Gasteiger partial charge on any atom is -0.333 e. The lowest BCUT2D eigenvalue weighted by molar-refractivity contribution is 0.0759. The normalized spacial score (nSPS) is 10.8. The highest BCUT2D eigenvalue weighted by Gasteiger charge is 2.18. The average Bonchev–Trinajstić information content (AvgIpc) is 3.01. The Kier molecular flexibility index (Phi) is 5.24. The molecule has 0 spiro atoms. The monoisotopic (exact) mass is 327 g/mol. The van der Waals surface area contributed by atoms with Crippen LogP contribution in [0.5, 0.6) is 0 Å². The van der Waals surface area contributed by atoms with Gasteiger partial charge >= 0.3 is 0 Å². The topological polar surface area (TPSA) is 20.3 Å². The summed E-state index contributed by atoms with van der Waals surface area (Å²) < 4.78 is 0.767. The third-order valence-corrected chi connectivity index (χ3v) is 5.78. The van der Waals surface area contributed by atoms with Gasteiger partial charge in [0.1, 0.15) is 0 Å². The van der Waals surface area contributed by atoms with E-state index < -0.39 is 0 Å². The van der Waals surface area contributed by atoms with Gasteiger partial charge < -0.3 is 4.90 Å². The molecule has 1 amide bonds. The smallest absolute Gasteiger partial charge is 0.264 e. The molecule has 0 atom stereocenters. The number of amides is 1. The fourth-order valence-corrected chi connectivity index (χ4v) is 4.27. The molecular weight excluding hydrogens is 310 g/mol. The second-order valence-electron chi connectivity index (χ2n) is 4.60. The van der Waals surface area contributed by atoms with E-state index in [-0.39, 0.29) is 5.91 Å². The molecule has 0 aliphatic carbocycles. The molecule has 0 aliphatic heterocycles. The van der Waals surface area contributed by atoms with Crippen LogP contribution in [0.25, 0.3) is 0 Å². The van der Waals surface area contributed by atoms with Gasteiger partial charge in [0, 0.05) is 16.3 Å². The van der Waals surface area contributed by atoms with E-state index in [1.165, 1.54) is 21.8 Å². The van der Waals surface area contributed by atoms with E-state index in [9.17, 15) is 4.79 Å². The zero-order chi connectivity index (χ0) is 14.7. The van der Waals surface area contributed by atoms with Crippen LogP contribution in [0.2, 0.25) is 4.34 Å². The highest BCUT2D eigenvalue weighted by Crippen LogP contribution is 2.26. The van der Waals surface area contributed by atoms with Gasteiger partial charge in [0.2, 0.25) is 0 Å². The number of thiophene rings is 2. The summed E-state index contributed by atoms with van der Waals surface area (Å²) in [6, 6.07) is 5.88. The van der Waals surface area contributed by atoms with Gasteiger partial charge in [-0.3, -0.25) is 4.79 Å². The Morgan fingerprint density at radius 3 is 2.55 bits per heavy atom. The van der Waals surface area contributed by atoms with Crippen molar-refractivity contribution in [2.24, 2.45) is 0 Å². The van der Waals surface area contributed by atoms with Crippen molar-refractivity contribution < 1.29 is 4.79 Å². The summed E-state index contributed by atoms with van der Waals surface area (Å²) in [5.41, 5.74) is 1.22. The maximum absolute atomic E-state index is 12.6. The first-order chi connectivity index (χ1) is 9.55. The number of aryl methyl sites for hydroxylation is 2. The molecule has 2 aromatic heterocycles. The lowest BCUT2D eigenvalue weighted by atomic mass is 10.2. The van der Waals surface area contributed by atoms with Crippen LogP contribution in [-0.4, -0.2) is 17.4 Å². The summed E-state index contributed by atoms with van der Waals surface area (Å²) in [4.78, 5) is 17.7. The average molecular weight is 328 g/mol. The summed E-state index contributed by atoms with van der Waals surface area (Å²) in [6.07, 6.45) is 0.983. The van der Waals surface area contributed by atoms with Crippen molar-refractivity contribution in [3.8, 4) is 0 Å². The molecule has 0 N–H and O–H groups in total. The first-order valence-corrected chi connectivity index (χ1v) is 8.69. The molecule has 2 aromatic rings. The molecule has 108 valence electrons. The Balaban J connectivity index is 2.15. The predicted octanol–water partition coefficient (Wildman–Crippen LogP) is 5.00. The lowest BCUT2D eigenvalue weighted by Gasteiger charge is -2.19. The van der Waals surface area contributed by atoms with Crippen molar-refractivity contribution in [2.45, 2.75) is 33.7 Å². The first kappa shape index (κ1) is 15.5. The zero-order valence-corrected chi connectivity index (χ0v) is 14.3. The number of rotatable bonds is 5. The molecule has 0 aromatic carbocycles. The molecule has 0 saturated heterocycles. The highest BCUT2D eigenvalue weighted by molar-refractivity contribution is 7.16. The standard InChI is InChI=1S/C15H18ClNOS2/c1-4-12-10(3)8-13(20-12)15(18)17(5-2)9-11-6-7-14(16)19-11/h6-8H,4-5,9H2,1-3H3.